The second-order valence-electron chi connectivity index (χ2n) is 4.02. The number of fused-ring (bicyclic) bond motifs is 1. The Balaban J connectivity index is 2.41. The number of nitrogens with one attached hydrogen (secondary N) is 1. The van der Waals surface area contributed by atoms with Crippen molar-refractivity contribution < 1.29 is 5.11 Å². The average Bonchev–Trinajstić information content (AvgIpc) is 2.76. The molecule has 90 valence electrons. The van der Waals surface area contributed by atoms with Gasteiger partial charge in [0.1, 0.15) is 11.6 Å². The predicted octanol–water partition coefficient (Wildman–Crippen LogP) is 3.28. The Kier molecular flexibility index (Phi) is 2.48. The maximum Gasteiger partial charge on any atom is 0.126 e. The van der Waals surface area contributed by atoms with Gasteiger partial charge in [0, 0.05) is 15.6 Å². The van der Waals surface area contributed by atoms with Gasteiger partial charge in [-0.05, 0) is 29.0 Å². The molecular formula is C13H10BrN3O. The van der Waals surface area contributed by atoms with E-state index in [4.69, 9.17) is 5.73 Å². The summed E-state index contributed by atoms with van der Waals surface area (Å²) in [4.78, 5) is 0. The molecule has 4 nitrogen and oxygen atoms in total. The van der Waals surface area contributed by atoms with Crippen LogP contribution in [-0.2, 0) is 0 Å². The van der Waals surface area contributed by atoms with Gasteiger partial charge in [0.2, 0.25) is 0 Å². The van der Waals surface area contributed by atoms with Crippen LogP contribution in [0.25, 0.3) is 21.9 Å². The number of hydrogen-bond donors (Lipinski definition) is 3. The number of phenols is 1. The molecule has 0 spiro atoms. The van der Waals surface area contributed by atoms with E-state index in [1.165, 1.54) is 0 Å². The van der Waals surface area contributed by atoms with Crippen molar-refractivity contribution in [1.29, 1.82) is 0 Å². The molecule has 0 saturated heterocycles. The quantitative estimate of drug-likeness (QED) is 0.646. The number of aromatic nitrogens is 2. The number of nitrogens with two attached hydrogens (primary N) is 1. The van der Waals surface area contributed by atoms with Crippen molar-refractivity contribution in [3.8, 4) is 16.9 Å². The number of aromatic amines is 1. The Hall–Kier alpha value is -2.01. The van der Waals surface area contributed by atoms with Crippen molar-refractivity contribution in [1.82, 2.24) is 10.2 Å². The summed E-state index contributed by atoms with van der Waals surface area (Å²) < 4.78 is 0.992. The molecule has 1 aromatic heterocycles. The minimum Gasteiger partial charge on any atom is -0.507 e. The lowest BCUT2D eigenvalue weighted by Gasteiger charge is -2.08. The van der Waals surface area contributed by atoms with E-state index in [-0.39, 0.29) is 5.75 Å². The SMILES string of the molecule is Nc1[nH]ncc1-c1c(O)ccc2cc(Br)ccc12. The van der Waals surface area contributed by atoms with Crippen LogP contribution in [0.1, 0.15) is 0 Å². The molecule has 4 N–H and O–H groups in total. The number of hydrogen-bond acceptors (Lipinski definition) is 3. The zero-order valence-electron chi connectivity index (χ0n) is 9.31. The van der Waals surface area contributed by atoms with Crippen LogP contribution in [0.5, 0.6) is 5.75 Å². The summed E-state index contributed by atoms with van der Waals surface area (Å²) in [6, 6.07) is 9.41. The average molecular weight is 304 g/mol. The van der Waals surface area contributed by atoms with Gasteiger partial charge in [-0.1, -0.05) is 28.1 Å². The monoisotopic (exact) mass is 303 g/mol. The lowest BCUT2D eigenvalue weighted by molar-refractivity contribution is 0.478. The van der Waals surface area contributed by atoms with Crippen LogP contribution in [0.4, 0.5) is 5.82 Å². The highest BCUT2D eigenvalue weighted by molar-refractivity contribution is 9.10. The zero-order valence-corrected chi connectivity index (χ0v) is 10.9. The van der Waals surface area contributed by atoms with E-state index < -0.39 is 0 Å². The molecule has 0 saturated carbocycles. The summed E-state index contributed by atoms with van der Waals surface area (Å²) in [5.41, 5.74) is 7.23. The zero-order chi connectivity index (χ0) is 12.7. The van der Waals surface area contributed by atoms with Gasteiger partial charge >= 0.3 is 0 Å². The van der Waals surface area contributed by atoms with Crippen molar-refractivity contribution in [2.75, 3.05) is 5.73 Å². The molecule has 3 rings (SSSR count). The summed E-state index contributed by atoms with van der Waals surface area (Å²) in [6.45, 7) is 0. The molecule has 0 bridgehead atoms. The Morgan fingerprint density at radius 2 is 2.06 bits per heavy atom. The van der Waals surface area contributed by atoms with Gasteiger partial charge in [0.15, 0.2) is 0 Å². The Morgan fingerprint density at radius 1 is 1.22 bits per heavy atom. The number of halogens is 1. The highest BCUT2D eigenvalue weighted by Crippen LogP contribution is 2.38. The third-order valence-corrected chi connectivity index (χ3v) is 3.39. The van der Waals surface area contributed by atoms with E-state index in [9.17, 15) is 5.11 Å². The minimum atomic E-state index is 0.193. The van der Waals surface area contributed by atoms with E-state index in [0.717, 1.165) is 15.2 Å². The van der Waals surface area contributed by atoms with Gasteiger partial charge in [-0.2, -0.15) is 5.10 Å². The maximum atomic E-state index is 10.1. The number of nitrogen functional groups attached to an aromatic ring is 1. The van der Waals surface area contributed by atoms with Gasteiger partial charge < -0.3 is 10.8 Å². The lowest BCUT2D eigenvalue weighted by atomic mass is 9.99. The fraction of sp³-hybridized carbons (Fsp3) is 0. The van der Waals surface area contributed by atoms with Crippen LogP contribution in [0.3, 0.4) is 0 Å². The molecule has 2 aromatic carbocycles. The molecule has 1 heterocycles. The van der Waals surface area contributed by atoms with Crippen LogP contribution < -0.4 is 5.73 Å². The summed E-state index contributed by atoms with van der Waals surface area (Å²) in [6.07, 6.45) is 1.62. The van der Waals surface area contributed by atoms with Crippen molar-refractivity contribution in [3.63, 3.8) is 0 Å². The van der Waals surface area contributed by atoms with Crippen LogP contribution in [-0.4, -0.2) is 15.3 Å². The van der Waals surface area contributed by atoms with Gasteiger partial charge in [-0.25, -0.2) is 0 Å². The molecule has 0 aliphatic rings. The topological polar surface area (TPSA) is 74.9 Å². The number of nitrogens with zero attached hydrogens (tertiary/aromatic N) is 1. The first-order chi connectivity index (χ1) is 8.66. The summed E-state index contributed by atoms with van der Waals surface area (Å²) >= 11 is 3.43. The second-order valence-corrected chi connectivity index (χ2v) is 4.94. The number of aromatic hydroxyl groups is 1. The smallest absolute Gasteiger partial charge is 0.126 e. The summed E-state index contributed by atoms with van der Waals surface area (Å²) in [5, 5.41) is 18.6. The Labute approximate surface area is 112 Å². The molecule has 0 fully saturated rings. The summed E-state index contributed by atoms with van der Waals surface area (Å²) in [5.74, 6) is 0.638. The first kappa shape index (κ1) is 11.1. The van der Waals surface area contributed by atoms with Gasteiger partial charge in [-0.15, -0.1) is 0 Å². The fourth-order valence-electron chi connectivity index (χ4n) is 2.07. The number of H-pyrrole nitrogens is 1. The van der Waals surface area contributed by atoms with E-state index in [2.05, 4.69) is 26.1 Å². The highest BCUT2D eigenvalue weighted by atomic mass is 79.9. The van der Waals surface area contributed by atoms with E-state index >= 15 is 0 Å². The van der Waals surface area contributed by atoms with Crippen molar-refractivity contribution >= 4 is 32.5 Å². The predicted molar refractivity (Wildman–Crippen MR) is 75.3 cm³/mol. The molecule has 3 aromatic rings. The summed E-state index contributed by atoms with van der Waals surface area (Å²) in [7, 11) is 0. The first-order valence-corrected chi connectivity index (χ1v) is 6.16. The molecule has 0 radical (unpaired) electrons. The van der Waals surface area contributed by atoms with Crippen molar-refractivity contribution in [2.24, 2.45) is 0 Å². The van der Waals surface area contributed by atoms with E-state index in [1.54, 1.807) is 12.3 Å². The van der Waals surface area contributed by atoms with Gasteiger partial charge in [0.25, 0.3) is 0 Å². The fourth-order valence-corrected chi connectivity index (χ4v) is 2.45. The molecule has 0 aliphatic carbocycles. The lowest BCUT2D eigenvalue weighted by Crippen LogP contribution is -1.89. The highest BCUT2D eigenvalue weighted by Gasteiger charge is 2.13. The van der Waals surface area contributed by atoms with Gasteiger partial charge in [0.05, 0.1) is 6.20 Å². The number of benzene rings is 2. The van der Waals surface area contributed by atoms with Crippen molar-refractivity contribution in [2.45, 2.75) is 0 Å². The minimum absolute atomic E-state index is 0.193. The van der Waals surface area contributed by atoms with Crippen LogP contribution in [0.2, 0.25) is 0 Å². The Morgan fingerprint density at radius 3 is 2.78 bits per heavy atom. The van der Waals surface area contributed by atoms with Gasteiger partial charge in [-0.3, -0.25) is 5.10 Å². The number of phenolic OH excluding ortho intramolecular Hbond substituents is 1. The molecule has 18 heavy (non-hydrogen) atoms. The molecule has 0 aliphatic heterocycles. The normalized spacial score (nSPS) is 10.9. The molecule has 0 amide bonds. The third-order valence-electron chi connectivity index (χ3n) is 2.90. The second kappa shape index (κ2) is 4.03. The van der Waals surface area contributed by atoms with Crippen LogP contribution >= 0.6 is 15.9 Å². The largest absolute Gasteiger partial charge is 0.507 e. The van der Waals surface area contributed by atoms with Crippen LogP contribution in [0.15, 0.2) is 41.0 Å². The molecule has 5 heteroatoms. The first-order valence-electron chi connectivity index (χ1n) is 5.37. The van der Waals surface area contributed by atoms with E-state index in [1.807, 2.05) is 24.3 Å². The third kappa shape index (κ3) is 1.64. The molecular weight excluding hydrogens is 294 g/mol. The molecule has 0 unspecified atom stereocenters. The molecule has 0 atom stereocenters. The number of rotatable bonds is 1. The van der Waals surface area contributed by atoms with Crippen LogP contribution in [0, 0.1) is 0 Å². The standard InChI is InChI=1S/C13H10BrN3O/c14-8-2-3-9-7(5-8)1-4-11(18)12(9)10-6-16-17-13(10)15/h1-6,18H,(H3,15,16,17). The van der Waals surface area contributed by atoms with Crippen molar-refractivity contribution in [3.05, 3.63) is 41.0 Å². The Bertz CT molecular complexity index is 736. The maximum absolute atomic E-state index is 10.1. The van der Waals surface area contributed by atoms with E-state index in [0.29, 0.717) is 16.9 Å². The number of anilines is 1.